The first kappa shape index (κ1) is 38.5. The van der Waals surface area contributed by atoms with E-state index in [1.54, 1.807) is 24.3 Å². The summed E-state index contributed by atoms with van der Waals surface area (Å²) in [7, 11) is 0. The molecule has 0 heterocycles. The minimum absolute atomic E-state index is 0.322. The van der Waals surface area contributed by atoms with Gasteiger partial charge >= 0.3 is 11.9 Å². The number of carboxylic acid groups (broad SMARTS) is 2. The standard InChI is InChI=1S/C48H37N3O4/c1-34-13-30-46(35(2)31-34)51(42-26-22-38(23-27-42)11-7-5-9-36-14-18-40(19-15-36)32-44(49-3)47(52)53)43-28-24-39(25-29-43)12-8-6-10-37-16-20-41(21-17-37)33-45(50-4)48(54)55/h5-33H,1-2H3,(H,52,53)(H,54,55)/b9-5+,10-6+,11-7+,12-8+,44-32-,45-33-. The third kappa shape index (κ3) is 10.9. The zero-order valence-electron chi connectivity index (χ0n) is 30.3. The fourth-order valence-electron chi connectivity index (χ4n) is 5.63. The molecule has 0 aliphatic rings. The van der Waals surface area contributed by atoms with E-state index in [1.165, 1.54) is 23.3 Å². The van der Waals surface area contributed by atoms with Crippen LogP contribution in [0.3, 0.4) is 0 Å². The van der Waals surface area contributed by atoms with Crippen LogP contribution in [-0.4, -0.2) is 22.2 Å². The second-order valence-electron chi connectivity index (χ2n) is 12.5. The molecule has 2 N–H and O–H groups in total. The predicted molar refractivity (Wildman–Crippen MR) is 224 cm³/mol. The summed E-state index contributed by atoms with van der Waals surface area (Å²) in [6.07, 6.45) is 18.5. The molecule has 5 aromatic carbocycles. The molecule has 0 spiro atoms. The second kappa shape index (κ2) is 18.7. The van der Waals surface area contributed by atoms with Crippen LogP contribution < -0.4 is 4.90 Å². The highest BCUT2D eigenvalue weighted by Crippen LogP contribution is 2.37. The summed E-state index contributed by atoms with van der Waals surface area (Å²) >= 11 is 0. The fraction of sp³-hybridized carbons (Fsp3) is 0.0417. The van der Waals surface area contributed by atoms with Crippen LogP contribution in [0.1, 0.15) is 44.5 Å². The Morgan fingerprint density at radius 3 is 1.15 bits per heavy atom. The summed E-state index contributed by atoms with van der Waals surface area (Å²) in [5.74, 6) is -2.48. The van der Waals surface area contributed by atoms with Gasteiger partial charge in [0.1, 0.15) is 0 Å². The van der Waals surface area contributed by atoms with Crippen LogP contribution >= 0.6 is 0 Å². The maximum atomic E-state index is 11.1. The van der Waals surface area contributed by atoms with E-state index in [-0.39, 0.29) is 11.4 Å². The van der Waals surface area contributed by atoms with Crippen molar-refractivity contribution in [1.29, 1.82) is 0 Å². The summed E-state index contributed by atoms with van der Waals surface area (Å²) in [6, 6.07) is 37.9. The highest BCUT2D eigenvalue weighted by atomic mass is 16.4. The highest BCUT2D eigenvalue weighted by molar-refractivity contribution is 5.94. The van der Waals surface area contributed by atoms with Gasteiger partial charge in [0.15, 0.2) is 0 Å². The number of hydrogen-bond acceptors (Lipinski definition) is 3. The minimum atomic E-state index is -1.24. The molecule has 0 bridgehead atoms. The van der Waals surface area contributed by atoms with Gasteiger partial charge in [0.2, 0.25) is 0 Å². The first-order valence-corrected chi connectivity index (χ1v) is 17.3. The van der Waals surface area contributed by atoms with Crippen molar-refractivity contribution in [2.75, 3.05) is 4.90 Å². The van der Waals surface area contributed by atoms with Crippen LogP contribution in [0.5, 0.6) is 0 Å². The van der Waals surface area contributed by atoms with Crippen molar-refractivity contribution in [3.63, 3.8) is 0 Å². The molecule has 55 heavy (non-hydrogen) atoms. The van der Waals surface area contributed by atoms with Crippen LogP contribution in [0.2, 0.25) is 0 Å². The van der Waals surface area contributed by atoms with Gasteiger partial charge in [-0.2, -0.15) is 0 Å². The largest absolute Gasteiger partial charge is 0.486 e. The number of rotatable bonds is 13. The minimum Gasteiger partial charge on any atom is -0.486 e. The quantitative estimate of drug-likeness (QED) is 0.0719. The lowest BCUT2D eigenvalue weighted by atomic mass is 10.1. The van der Waals surface area contributed by atoms with E-state index < -0.39 is 11.9 Å². The van der Waals surface area contributed by atoms with Gasteiger partial charge in [-0.15, -0.1) is 0 Å². The van der Waals surface area contributed by atoms with Gasteiger partial charge in [0.05, 0.1) is 13.1 Å². The third-order valence-electron chi connectivity index (χ3n) is 8.43. The van der Waals surface area contributed by atoms with Gasteiger partial charge in [-0.3, -0.25) is 9.59 Å². The number of aliphatic carboxylic acids is 2. The highest BCUT2D eigenvalue weighted by Gasteiger charge is 2.15. The topological polar surface area (TPSA) is 86.6 Å². The Bertz CT molecular complexity index is 2290. The van der Waals surface area contributed by atoms with Gasteiger partial charge in [0, 0.05) is 17.1 Å². The molecular formula is C48H37N3O4. The molecule has 5 rings (SSSR count). The molecule has 0 aliphatic heterocycles. The Morgan fingerprint density at radius 2 is 0.836 bits per heavy atom. The number of aryl methyl sites for hydroxylation is 2. The number of nitrogens with zero attached hydrogens (tertiary/aromatic N) is 3. The SMILES string of the molecule is [C-]#[N+]/C(=C\c1ccc(/C=C/C=C/c2ccc(N(c3ccc(/C=C/C=C/c4ccc(/C=C(\[N+]#[C-])C(=O)O)cc4)cc3)c3ccc(C)cc3C)cc2)cc1)C(=O)O. The normalized spacial score (nSPS) is 12.0. The van der Waals surface area contributed by atoms with Crippen molar-refractivity contribution in [1.82, 2.24) is 0 Å². The Morgan fingerprint density at radius 1 is 0.509 bits per heavy atom. The zero-order chi connectivity index (χ0) is 39.2. The van der Waals surface area contributed by atoms with E-state index in [9.17, 15) is 9.59 Å². The van der Waals surface area contributed by atoms with E-state index >= 15 is 0 Å². The van der Waals surface area contributed by atoms with Gasteiger partial charge < -0.3 is 15.1 Å². The lowest BCUT2D eigenvalue weighted by Crippen LogP contribution is -2.11. The van der Waals surface area contributed by atoms with Crippen molar-refractivity contribution in [3.8, 4) is 0 Å². The van der Waals surface area contributed by atoms with Gasteiger partial charge in [-0.1, -0.05) is 139 Å². The Hall–Kier alpha value is -7.74. The molecule has 0 aromatic heterocycles. The fourth-order valence-corrected chi connectivity index (χ4v) is 5.63. The van der Waals surface area contributed by atoms with Crippen LogP contribution in [0.15, 0.2) is 151 Å². The van der Waals surface area contributed by atoms with Crippen molar-refractivity contribution in [2.24, 2.45) is 0 Å². The number of allylic oxidation sites excluding steroid dienone is 4. The lowest BCUT2D eigenvalue weighted by molar-refractivity contribution is -0.133. The summed E-state index contributed by atoms with van der Waals surface area (Å²) in [5.41, 5.74) is 10.2. The van der Waals surface area contributed by atoms with Crippen molar-refractivity contribution in [3.05, 3.63) is 218 Å². The first-order chi connectivity index (χ1) is 26.6. The summed E-state index contributed by atoms with van der Waals surface area (Å²) in [4.78, 5) is 30.5. The average molecular weight is 720 g/mol. The molecule has 0 radical (unpaired) electrons. The Balaban J connectivity index is 1.27. The van der Waals surface area contributed by atoms with Gasteiger partial charge in [0.25, 0.3) is 11.4 Å². The number of anilines is 3. The molecule has 5 aromatic rings. The summed E-state index contributed by atoms with van der Waals surface area (Å²) in [6.45, 7) is 18.2. The van der Waals surface area contributed by atoms with Crippen LogP contribution in [0, 0.1) is 27.0 Å². The molecule has 7 heteroatoms. The zero-order valence-corrected chi connectivity index (χ0v) is 30.3. The van der Waals surface area contributed by atoms with Crippen molar-refractivity contribution in [2.45, 2.75) is 13.8 Å². The van der Waals surface area contributed by atoms with E-state index in [0.29, 0.717) is 11.1 Å². The van der Waals surface area contributed by atoms with E-state index in [1.807, 2.05) is 72.9 Å². The molecule has 0 amide bonds. The molecule has 0 saturated heterocycles. The molecule has 268 valence electrons. The molecular weight excluding hydrogens is 683 g/mol. The summed E-state index contributed by atoms with van der Waals surface area (Å²) in [5, 5.41) is 18.1. The Kier molecular flexibility index (Phi) is 13.1. The molecule has 7 nitrogen and oxygen atoms in total. The van der Waals surface area contributed by atoms with Crippen LogP contribution in [-0.2, 0) is 9.59 Å². The second-order valence-corrected chi connectivity index (χ2v) is 12.5. The lowest BCUT2D eigenvalue weighted by Gasteiger charge is -2.27. The van der Waals surface area contributed by atoms with Crippen molar-refractivity contribution >= 4 is 65.5 Å². The smallest absolute Gasteiger partial charge is 0.333 e. The van der Waals surface area contributed by atoms with Gasteiger partial charge in [-0.25, -0.2) is 9.69 Å². The number of carbonyl (C=O) groups is 2. The predicted octanol–water partition coefficient (Wildman–Crippen LogP) is 11.9. The van der Waals surface area contributed by atoms with Crippen LogP contribution in [0.25, 0.3) is 46.1 Å². The van der Waals surface area contributed by atoms with E-state index in [2.05, 4.69) is 95.2 Å². The number of carboxylic acids is 2. The average Bonchev–Trinajstić information content (AvgIpc) is 3.19. The van der Waals surface area contributed by atoms with E-state index in [0.717, 1.165) is 39.3 Å². The monoisotopic (exact) mass is 719 g/mol. The van der Waals surface area contributed by atoms with Crippen LogP contribution in [0.4, 0.5) is 17.1 Å². The maximum absolute atomic E-state index is 11.1. The van der Waals surface area contributed by atoms with E-state index in [4.69, 9.17) is 23.4 Å². The molecule has 0 aliphatic carbocycles. The third-order valence-corrected chi connectivity index (χ3v) is 8.43. The molecule has 0 unspecified atom stereocenters. The molecule has 0 saturated carbocycles. The number of benzene rings is 5. The van der Waals surface area contributed by atoms with Crippen molar-refractivity contribution < 1.29 is 19.8 Å². The maximum Gasteiger partial charge on any atom is 0.333 e. The Labute approximate surface area is 321 Å². The first-order valence-electron chi connectivity index (χ1n) is 17.3. The molecule has 0 atom stereocenters. The van der Waals surface area contributed by atoms with Gasteiger partial charge in [-0.05, 0) is 95.3 Å². The summed E-state index contributed by atoms with van der Waals surface area (Å²) < 4.78 is 0. The number of hydrogen-bond donors (Lipinski definition) is 2. The molecule has 0 fully saturated rings.